The smallest absolute Gasteiger partial charge is 0.101 e. The van der Waals surface area contributed by atoms with Crippen molar-refractivity contribution in [2.45, 2.75) is 6.04 Å². The Kier molecular flexibility index (Phi) is 2.57. The molecule has 1 heterocycles. The molecular weight excluding hydrogens is 150 g/mol. The first-order chi connectivity index (χ1) is 5.77. The Bertz CT molecular complexity index is 325. The summed E-state index contributed by atoms with van der Waals surface area (Å²) in [7, 11) is 0. The highest BCUT2D eigenvalue weighted by molar-refractivity contribution is 5.31. The Morgan fingerprint density at radius 1 is 1.67 bits per heavy atom. The molecule has 0 spiro atoms. The predicted molar refractivity (Wildman–Crippen MR) is 46.1 cm³/mol. The number of nitrogens with zero attached hydrogens (tertiary/aromatic N) is 2. The van der Waals surface area contributed by atoms with Crippen molar-refractivity contribution >= 4 is 0 Å². The molecule has 1 aromatic heterocycles. The summed E-state index contributed by atoms with van der Waals surface area (Å²) in [6.45, 7) is 3.56. The fourth-order valence-electron chi connectivity index (χ4n) is 0.837. The topological polar surface area (TPSA) is 62.7 Å². The van der Waals surface area contributed by atoms with E-state index in [0.717, 1.165) is 5.56 Å². The van der Waals surface area contributed by atoms with Gasteiger partial charge in [0, 0.05) is 18.4 Å². The second-order valence-electron chi connectivity index (χ2n) is 2.38. The zero-order valence-electron chi connectivity index (χ0n) is 6.57. The molecule has 0 aromatic carbocycles. The van der Waals surface area contributed by atoms with Gasteiger partial charge < -0.3 is 5.73 Å². The average molecular weight is 159 g/mol. The van der Waals surface area contributed by atoms with Crippen LogP contribution in [0.15, 0.2) is 31.1 Å². The van der Waals surface area contributed by atoms with Gasteiger partial charge in [0.25, 0.3) is 0 Å². The Morgan fingerprint density at radius 3 is 3.00 bits per heavy atom. The number of aromatic nitrogens is 1. The molecule has 1 rings (SSSR count). The van der Waals surface area contributed by atoms with Crippen molar-refractivity contribution in [2.75, 3.05) is 0 Å². The van der Waals surface area contributed by atoms with Crippen LogP contribution in [0.2, 0.25) is 0 Å². The van der Waals surface area contributed by atoms with E-state index < -0.39 is 0 Å². The lowest BCUT2D eigenvalue weighted by atomic mass is 10.1. The van der Waals surface area contributed by atoms with Crippen LogP contribution < -0.4 is 5.73 Å². The first kappa shape index (κ1) is 8.44. The molecule has 0 saturated heterocycles. The highest BCUT2D eigenvalue weighted by Crippen LogP contribution is 2.10. The van der Waals surface area contributed by atoms with Crippen LogP contribution in [0, 0.1) is 11.3 Å². The number of nitriles is 1. The maximum Gasteiger partial charge on any atom is 0.101 e. The van der Waals surface area contributed by atoms with Crippen molar-refractivity contribution in [2.24, 2.45) is 5.73 Å². The standard InChI is InChI=1S/C9H9N3/c1-2-9(11)8-3-7(4-10)5-12-6-8/h2-3,5-6,9H,1,11H2/t9-/m1/s1. The fourth-order valence-corrected chi connectivity index (χ4v) is 0.837. The van der Waals surface area contributed by atoms with Crippen LogP contribution in [0.4, 0.5) is 0 Å². The normalized spacial score (nSPS) is 11.7. The third-order valence-corrected chi connectivity index (χ3v) is 1.53. The monoisotopic (exact) mass is 159 g/mol. The number of nitrogens with two attached hydrogens (primary N) is 1. The van der Waals surface area contributed by atoms with Crippen LogP contribution in [0.3, 0.4) is 0 Å². The lowest BCUT2D eigenvalue weighted by molar-refractivity contribution is 0.902. The van der Waals surface area contributed by atoms with Gasteiger partial charge in [-0.25, -0.2) is 0 Å². The molecule has 1 atom stereocenters. The molecule has 0 saturated carbocycles. The second-order valence-corrected chi connectivity index (χ2v) is 2.38. The molecule has 60 valence electrons. The molecule has 0 aliphatic rings. The van der Waals surface area contributed by atoms with Gasteiger partial charge in [-0.2, -0.15) is 5.26 Å². The van der Waals surface area contributed by atoms with Crippen LogP contribution in [-0.4, -0.2) is 4.98 Å². The molecule has 0 fully saturated rings. The quantitative estimate of drug-likeness (QED) is 0.658. The first-order valence-corrected chi connectivity index (χ1v) is 3.51. The molecule has 2 N–H and O–H groups in total. The highest BCUT2D eigenvalue weighted by Gasteiger charge is 2.01. The van der Waals surface area contributed by atoms with E-state index in [2.05, 4.69) is 11.6 Å². The van der Waals surface area contributed by atoms with Gasteiger partial charge in [-0.1, -0.05) is 6.08 Å². The maximum absolute atomic E-state index is 8.56. The molecule has 0 radical (unpaired) electrons. The van der Waals surface area contributed by atoms with Crippen molar-refractivity contribution in [1.29, 1.82) is 5.26 Å². The summed E-state index contributed by atoms with van der Waals surface area (Å²) in [5.41, 5.74) is 6.98. The van der Waals surface area contributed by atoms with Crippen molar-refractivity contribution < 1.29 is 0 Å². The summed E-state index contributed by atoms with van der Waals surface area (Å²) in [5, 5.41) is 8.56. The van der Waals surface area contributed by atoms with Gasteiger partial charge in [-0.05, 0) is 11.6 Å². The van der Waals surface area contributed by atoms with Crippen molar-refractivity contribution in [3.63, 3.8) is 0 Å². The fraction of sp³-hybridized carbons (Fsp3) is 0.111. The highest BCUT2D eigenvalue weighted by atomic mass is 14.7. The molecule has 3 nitrogen and oxygen atoms in total. The largest absolute Gasteiger partial charge is 0.321 e. The van der Waals surface area contributed by atoms with Gasteiger partial charge >= 0.3 is 0 Å². The molecule has 12 heavy (non-hydrogen) atoms. The Balaban J connectivity index is 3.03. The molecule has 0 aliphatic heterocycles. The van der Waals surface area contributed by atoms with Gasteiger partial charge in [-0.3, -0.25) is 4.98 Å². The summed E-state index contributed by atoms with van der Waals surface area (Å²) >= 11 is 0. The van der Waals surface area contributed by atoms with Gasteiger partial charge in [-0.15, -0.1) is 6.58 Å². The number of hydrogen-bond acceptors (Lipinski definition) is 3. The van der Waals surface area contributed by atoms with E-state index in [9.17, 15) is 0 Å². The van der Waals surface area contributed by atoms with Crippen molar-refractivity contribution in [3.05, 3.63) is 42.2 Å². The predicted octanol–water partition coefficient (Wildman–Crippen LogP) is 1.14. The van der Waals surface area contributed by atoms with Crippen LogP contribution in [0.1, 0.15) is 17.2 Å². The molecule has 0 unspecified atom stereocenters. The van der Waals surface area contributed by atoms with Crippen molar-refractivity contribution in [1.82, 2.24) is 4.98 Å². The van der Waals surface area contributed by atoms with E-state index in [1.54, 1.807) is 18.3 Å². The van der Waals surface area contributed by atoms with E-state index in [4.69, 9.17) is 11.0 Å². The molecular formula is C9H9N3. The third kappa shape index (κ3) is 1.68. The van der Waals surface area contributed by atoms with Gasteiger partial charge in [0.05, 0.1) is 5.56 Å². The molecule has 0 amide bonds. The molecule has 3 heteroatoms. The van der Waals surface area contributed by atoms with Crippen LogP contribution in [0.5, 0.6) is 0 Å². The van der Waals surface area contributed by atoms with Gasteiger partial charge in [0.2, 0.25) is 0 Å². The van der Waals surface area contributed by atoms with E-state index in [-0.39, 0.29) is 6.04 Å². The summed E-state index contributed by atoms with van der Waals surface area (Å²) in [6.07, 6.45) is 4.74. The first-order valence-electron chi connectivity index (χ1n) is 3.51. The van der Waals surface area contributed by atoms with Gasteiger partial charge in [0.15, 0.2) is 0 Å². The zero-order valence-corrected chi connectivity index (χ0v) is 6.57. The number of rotatable bonds is 2. The SMILES string of the molecule is C=C[C@@H](N)c1cncc(C#N)c1. The number of hydrogen-bond donors (Lipinski definition) is 1. The average Bonchev–Trinajstić information content (AvgIpc) is 2.17. The summed E-state index contributed by atoms with van der Waals surface area (Å²) in [4.78, 5) is 3.87. The Hall–Kier alpha value is -1.66. The minimum absolute atomic E-state index is 0.245. The Labute approximate surface area is 71.2 Å². The summed E-state index contributed by atoms with van der Waals surface area (Å²) < 4.78 is 0. The van der Waals surface area contributed by atoms with Crippen LogP contribution in [-0.2, 0) is 0 Å². The zero-order chi connectivity index (χ0) is 8.97. The second kappa shape index (κ2) is 3.65. The number of pyridine rings is 1. The van der Waals surface area contributed by atoms with E-state index in [0.29, 0.717) is 5.56 Å². The third-order valence-electron chi connectivity index (χ3n) is 1.53. The Morgan fingerprint density at radius 2 is 2.42 bits per heavy atom. The maximum atomic E-state index is 8.56. The minimum Gasteiger partial charge on any atom is -0.321 e. The van der Waals surface area contributed by atoms with Gasteiger partial charge in [0.1, 0.15) is 6.07 Å². The van der Waals surface area contributed by atoms with Crippen LogP contribution >= 0.6 is 0 Å². The van der Waals surface area contributed by atoms with E-state index in [1.807, 2.05) is 6.07 Å². The molecule has 1 aromatic rings. The molecule has 0 bridgehead atoms. The lowest BCUT2D eigenvalue weighted by Crippen LogP contribution is -2.06. The minimum atomic E-state index is -0.245. The van der Waals surface area contributed by atoms with E-state index >= 15 is 0 Å². The summed E-state index contributed by atoms with van der Waals surface area (Å²) in [6, 6.07) is 3.46. The lowest BCUT2D eigenvalue weighted by Gasteiger charge is -2.04. The van der Waals surface area contributed by atoms with E-state index in [1.165, 1.54) is 6.20 Å². The summed E-state index contributed by atoms with van der Waals surface area (Å²) in [5.74, 6) is 0. The molecule has 0 aliphatic carbocycles. The van der Waals surface area contributed by atoms with Crippen LogP contribution in [0.25, 0.3) is 0 Å². The van der Waals surface area contributed by atoms with Crippen molar-refractivity contribution in [3.8, 4) is 6.07 Å².